The van der Waals surface area contributed by atoms with Gasteiger partial charge in [-0.25, -0.2) is 4.52 Å². The van der Waals surface area contributed by atoms with E-state index in [1.54, 1.807) is 17.6 Å². The van der Waals surface area contributed by atoms with E-state index in [0.29, 0.717) is 36.0 Å². The molecule has 3 aliphatic rings. The molecule has 0 aromatic carbocycles. The maximum atomic E-state index is 13.5. The van der Waals surface area contributed by atoms with Crippen molar-refractivity contribution in [3.8, 4) is 0 Å². The molecule has 2 bridgehead atoms. The van der Waals surface area contributed by atoms with Crippen LogP contribution in [0.5, 0.6) is 0 Å². The molecule has 2 amide bonds. The minimum atomic E-state index is 0.0235. The van der Waals surface area contributed by atoms with Gasteiger partial charge in [0.05, 0.1) is 6.20 Å². The van der Waals surface area contributed by atoms with E-state index in [1.807, 2.05) is 24.0 Å². The normalized spacial score (nSPS) is 29.7. The van der Waals surface area contributed by atoms with E-state index < -0.39 is 0 Å². The lowest BCUT2D eigenvalue weighted by Gasteiger charge is -2.56. The molecule has 2 aromatic heterocycles. The molecule has 3 saturated heterocycles. The Morgan fingerprint density at radius 2 is 2.03 bits per heavy atom. The van der Waals surface area contributed by atoms with Gasteiger partial charge in [-0.05, 0) is 37.6 Å². The largest absolute Gasteiger partial charge is 0.355 e. The van der Waals surface area contributed by atoms with Crippen LogP contribution in [-0.2, 0) is 11.8 Å². The zero-order chi connectivity index (χ0) is 20.1. The molecule has 5 heterocycles. The van der Waals surface area contributed by atoms with Crippen LogP contribution in [0.15, 0.2) is 18.6 Å². The fourth-order valence-electron chi connectivity index (χ4n) is 5.97. The molecule has 0 saturated carbocycles. The number of carbonyl (C=O) groups excluding carboxylic acids is 2. The van der Waals surface area contributed by atoms with Gasteiger partial charge in [-0.15, -0.1) is 0 Å². The Morgan fingerprint density at radius 1 is 1.21 bits per heavy atom. The molecule has 4 atom stereocenters. The van der Waals surface area contributed by atoms with Crippen molar-refractivity contribution in [3.05, 3.63) is 24.2 Å². The zero-order valence-electron chi connectivity index (χ0n) is 17.3. The van der Waals surface area contributed by atoms with Crippen LogP contribution in [0, 0.1) is 11.8 Å². The van der Waals surface area contributed by atoms with Crippen molar-refractivity contribution < 1.29 is 9.59 Å². The quantitative estimate of drug-likeness (QED) is 0.841. The van der Waals surface area contributed by atoms with E-state index in [1.165, 1.54) is 19.3 Å². The van der Waals surface area contributed by atoms with Gasteiger partial charge in [0.1, 0.15) is 11.2 Å². The first kappa shape index (κ1) is 18.7. The number of aryl methyl sites for hydroxylation is 1. The number of nitrogens with one attached hydrogen (secondary N) is 1. The third kappa shape index (κ3) is 3.13. The minimum absolute atomic E-state index is 0.0235. The molecule has 0 radical (unpaired) electrons. The number of amides is 2. The molecular formula is C21H30N6O2. The number of carbonyl (C=O) groups is 2. The Morgan fingerprint density at radius 3 is 2.86 bits per heavy atom. The van der Waals surface area contributed by atoms with Crippen molar-refractivity contribution in [2.45, 2.75) is 44.7 Å². The van der Waals surface area contributed by atoms with Crippen LogP contribution in [0.4, 0.5) is 0 Å². The maximum Gasteiger partial charge on any atom is 0.259 e. The average Bonchev–Trinajstić information content (AvgIpc) is 3.30. The molecule has 2 aromatic rings. The van der Waals surface area contributed by atoms with Crippen LogP contribution >= 0.6 is 0 Å². The van der Waals surface area contributed by atoms with Crippen molar-refractivity contribution >= 4 is 17.5 Å². The van der Waals surface area contributed by atoms with Crippen molar-refractivity contribution in [2.75, 3.05) is 26.2 Å². The summed E-state index contributed by atoms with van der Waals surface area (Å²) in [5, 5.41) is 7.40. The van der Waals surface area contributed by atoms with Gasteiger partial charge in [0.15, 0.2) is 0 Å². The summed E-state index contributed by atoms with van der Waals surface area (Å²) in [6.45, 7) is 4.96. The predicted molar refractivity (Wildman–Crippen MR) is 108 cm³/mol. The lowest BCUT2D eigenvalue weighted by molar-refractivity contribution is -0.120. The Labute approximate surface area is 170 Å². The van der Waals surface area contributed by atoms with Crippen molar-refractivity contribution in [2.24, 2.45) is 18.9 Å². The first-order valence-corrected chi connectivity index (χ1v) is 10.8. The van der Waals surface area contributed by atoms with Crippen molar-refractivity contribution in [3.63, 3.8) is 0 Å². The minimum Gasteiger partial charge on any atom is -0.355 e. The molecule has 3 fully saturated rings. The first-order chi connectivity index (χ1) is 14.0. The van der Waals surface area contributed by atoms with E-state index in [9.17, 15) is 9.59 Å². The van der Waals surface area contributed by atoms with Crippen molar-refractivity contribution in [1.29, 1.82) is 0 Å². The number of hydrogen-bond acceptors (Lipinski definition) is 4. The highest BCUT2D eigenvalue weighted by molar-refractivity contribution is 5.99. The summed E-state index contributed by atoms with van der Waals surface area (Å²) < 4.78 is 3.72. The topological polar surface area (TPSA) is 74.9 Å². The molecular weight excluding hydrogens is 368 g/mol. The molecule has 156 valence electrons. The van der Waals surface area contributed by atoms with Crippen LogP contribution < -0.4 is 5.32 Å². The Balaban J connectivity index is 1.42. The van der Waals surface area contributed by atoms with E-state index in [4.69, 9.17) is 0 Å². The summed E-state index contributed by atoms with van der Waals surface area (Å²) in [5.41, 5.74) is 1.52. The third-order valence-electron chi connectivity index (χ3n) is 7.23. The van der Waals surface area contributed by atoms with Gasteiger partial charge < -0.3 is 14.8 Å². The monoisotopic (exact) mass is 398 g/mol. The SMILES string of the molecule is CC(=O)NC[C@H]1[C@H]2C[C@H](CN(C(=O)c3cnn4ccn(C)c34)C2)[C@@H]2CCCCN21. The average molecular weight is 399 g/mol. The van der Waals surface area contributed by atoms with Crippen LogP contribution in [0.25, 0.3) is 5.65 Å². The fourth-order valence-corrected chi connectivity index (χ4v) is 5.97. The highest BCUT2D eigenvalue weighted by atomic mass is 16.2. The summed E-state index contributed by atoms with van der Waals surface area (Å²) in [5.74, 6) is 1.03. The smallest absolute Gasteiger partial charge is 0.259 e. The first-order valence-electron chi connectivity index (χ1n) is 10.8. The molecule has 8 nitrogen and oxygen atoms in total. The molecule has 8 heteroatoms. The Bertz CT molecular complexity index is 933. The van der Waals surface area contributed by atoms with Gasteiger partial charge >= 0.3 is 0 Å². The zero-order valence-corrected chi connectivity index (χ0v) is 17.3. The van der Waals surface area contributed by atoms with Gasteiger partial charge in [0.2, 0.25) is 5.91 Å². The molecule has 29 heavy (non-hydrogen) atoms. The summed E-state index contributed by atoms with van der Waals surface area (Å²) >= 11 is 0. The Hall–Kier alpha value is -2.35. The molecule has 0 unspecified atom stereocenters. The summed E-state index contributed by atoms with van der Waals surface area (Å²) in [7, 11) is 1.95. The van der Waals surface area contributed by atoms with E-state index >= 15 is 0 Å². The second-order valence-electron chi connectivity index (χ2n) is 9.01. The van der Waals surface area contributed by atoms with E-state index in [2.05, 4.69) is 20.2 Å². The van der Waals surface area contributed by atoms with Gasteiger partial charge in [-0.3, -0.25) is 14.5 Å². The maximum absolute atomic E-state index is 13.5. The highest BCUT2D eigenvalue weighted by Gasteiger charge is 2.48. The van der Waals surface area contributed by atoms with Gasteiger partial charge in [-0.2, -0.15) is 5.10 Å². The number of piperidine rings is 3. The third-order valence-corrected chi connectivity index (χ3v) is 7.23. The number of aromatic nitrogens is 3. The number of likely N-dealkylation sites (tertiary alicyclic amines) is 1. The number of fused-ring (bicyclic) bond motifs is 5. The molecule has 0 aliphatic carbocycles. The van der Waals surface area contributed by atoms with Crippen molar-refractivity contribution in [1.82, 2.24) is 29.3 Å². The van der Waals surface area contributed by atoms with Crippen LogP contribution in [0.3, 0.4) is 0 Å². The van der Waals surface area contributed by atoms with Crippen LogP contribution in [-0.4, -0.2) is 74.1 Å². The molecule has 1 N–H and O–H groups in total. The van der Waals surface area contributed by atoms with Gasteiger partial charge in [-0.1, -0.05) is 6.42 Å². The van der Waals surface area contributed by atoms with Gasteiger partial charge in [0.25, 0.3) is 5.91 Å². The van der Waals surface area contributed by atoms with Crippen LogP contribution in [0.2, 0.25) is 0 Å². The lowest BCUT2D eigenvalue weighted by Crippen LogP contribution is -2.66. The van der Waals surface area contributed by atoms with E-state index in [-0.39, 0.29) is 11.8 Å². The van der Waals surface area contributed by atoms with E-state index in [0.717, 1.165) is 31.7 Å². The molecule has 3 aliphatic heterocycles. The molecule has 5 rings (SSSR count). The number of imidazole rings is 1. The second-order valence-corrected chi connectivity index (χ2v) is 9.01. The fraction of sp³-hybridized carbons (Fsp3) is 0.667. The standard InChI is InChI=1S/C21H30N6O2/c1-14(28)22-11-19-16-9-15(18-5-3-4-6-26(18)19)12-25(13-16)21(29)17-10-23-27-8-7-24(2)20(17)27/h7-8,10,15-16,18-19H,3-6,9,11-13H2,1-2H3,(H,22,28)/t15-,16+,18+,19+/m1/s1. The molecule has 0 spiro atoms. The van der Waals surface area contributed by atoms with Crippen LogP contribution in [0.1, 0.15) is 43.0 Å². The number of rotatable bonds is 3. The summed E-state index contributed by atoms with van der Waals surface area (Å²) in [4.78, 5) is 29.7. The number of nitrogens with zero attached hydrogens (tertiary/aromatic N) is 5. The van der Waals surface area contributed by atoms with Gasteiger partial charge in [0, 0.05) is 58.1 Å². The summed E-state index contributed by atoms with van der Waals surface area (Å²) in [6.07, 6.45) is 10.3. The predicted octanol–water partition coefficient (Wildman–Crippen LogP) is 1.12. The second kappa shape index (κ2) is 7.16. The number of hydrogen-bond donors (Lipinski definition) is 1. The highest BCUT2D eigenvalue weighted by Crippen LogP contribution is 2.41. The lowest BCUT2D eigenvalue weighted by atomic mass is 9.72. The summed E-state index contributed by atoms with van der Waals surface area (Å²) in [6, 6.07) is 0.842. The Kier molecular flexibility index (Phi) is 4.61.